The molecular weight excluding hydrogens is 274 g/mol. The minimum atomic E-state index is -0.903. The Bertz CT molecular complexity index is 605. The zero-order valence-electron chi connectivity index (χ0n) is 11.8. The number of ether oxygens (including phenoxy) is 1. The second-order valence-corrected chi connectivity index (χ2v) is 4.66. The smallest absolute Gasteiger partial charge is 0.159 e. The highest BCUT2D eigenvalue weighted by Gasteiger charge is 2.18. The molecule has 0 saturated carbocycles. The van der Waals surface area contributed by atoms with E-state index in [2.05, 4.69) is 5.43 Å². The van der Waals surface area contributed by atoms with Gasteiger partial charge in [-0.1, -0.05) is 31.2 Å². The summed E-state index contributed by atoms with van der Waals surface area (Å²) in [6, 6.07) is 10.6. The molecule has 1 atom stereocenters. The van der Waals surface area contributed by atoms with E-state index in [0.29, 0.717) is 17.9 Å². The maximum absolute atomic E-state index is 13.4. The topological polar surface area (TPSA) is 47.3 Å². The van der Waals surface area contributed by atoms with Crippen LogP contribution in [0.4, 0.5) is 8.78 Å². The van der Waals surface area contributed by atoms with Crippen LogP contribution in [0.15, 0.2) is 42.5 Å². The number of halogens is 2. The third kappa shape index (κ3) is 3.56. The average molecular weight is 292 g/mol. The van der Waals surface area contributed by atoms with Crippen LogP contribution in [0.3, 0.4) is 0 Å². The Hall–Kier alpha value is -1.98. The van der Waals surface area contributed by atoms with Gasteiger partial charge in [0.2, 0.25) is 0 Å². The van der Waals surface area contributed by atoms with Gasteiger partial charge >= 0.3 is 0 Å². The Morgan fingerprint density at radius 2 is 1.90 bits per heavy atom. The van der Waals surface area contributed by atoms with Crippen LogP contribution in [-0.2, 0) is 0 Å². The third-order valence-electron chi connectivity index (χ3n) is 3.14. The van der Waals surface area contributed by atoms with Gasteiger partial charge in [0.15, 0.2) is 11.6 Å². The monoisotopic (exact) mass is 292 g/mol. The number of para-hydroxylation sites is 1. The van der Waals surface area contributed by atoms with E-state index in [0.717, 1.165) is 24.1 Å². The lowest BCUT2D eigenvalue weighted by Gasteiger charge is -2.20. The molecule has 0 aliphatic rings. The molecule has 0 amide bonds. The number of hydrogen-bond donors (Lipinski definition) is 2. The molecule has 0 aliphatic carbocycles. The van der Waals surface area contributed by atoms with Gasteiger partial charge in [-0.2, -0.15) is 0 Å². The molecule has 0 heterocycles. The molecule has 21 heavy (non-hydrogen) atoms. The summed E-state index contributed by atoms with van der Waals surface area (Å²) in [5.41, 5.74) is 3.94. The zero-order chi connectivity index (χ0) is 15.2. The summed E-state index contributed by atoms with van der Waals surface area (Å²) >= 11 is 0. The van der Waals surface area contributed by atoms with E-state index < -0.39 is 17.7 Å². The molecule has 5 heteroatoms. The van der Waals surface area contributed by atoms with Crippen molar-refractivity contribution in [2.45, 2.75) is 19.4 Å². The average Bonchev–Trinajstić information content (AvgIpc) is 2.50. The van der Waals surface area contributed by atoms with Crippen LogP contribution in [0.2, 0.25) is 0 Å². The number of rotatable bonds is 6. The van der Waals surface area contributed by atoms with Crippen molar-refractivity contribution in [1.82, 2.24) is 5.43 Å². The van der Waals surface area contributed by atoms with Crippen LogP contribution >= 0.6 is 0 Å². The first-order valence-electron chi connectivity index (χ1n) is 6.80. The SMILES string of the molecule is CCCOc1ccccc1C(NN)c1ccc(F)c(F)c1. The first kappa shape index (κ1) is 15.4. The molecule has 0 aromatic heterocycles. The molecule has 2 aromatic rings. The Morgan fingerprint density at radius 3 is 2.57 bits per heavy atom. The molecule has 0 saturated heterocycles. The summed E-state index contributed by atoms with van der Waals surface area (Å²) in [6.45, 7) is 2.59. The van der Waals surface area contributed by atoms with Crippen LogP contribution in [0.5, 0.6) is 5.75 Å². The Labute approximate surface area is 122 Å². The number of nitrogens with two attached hydrogens (primary N) is 1. The highest BCUT2D eigenvalue weighted by atomic mass is 19.2. The van der Waals surface area contributed by atoms with E-state index in [9.17, 15) is 8.78 Å². The van der Waals surface area contributed by atoms with E-state index in [4.69, 9.17) is 10.6 Å². The Kier molecular flexibility index (Phi) is 5.25. The quantitative estimate of drug-likeness (QED) is 0.634. The van der Waals surface area contributed by atoms with Crippen LogP contribution in [0.1, 0.15) is 30.5 Å². The maximum atomic E-state index is 13.4. The predicted octanol–water partition coefficient (Wildman–Crippen LogP) is 3.31. The van der Waals surface area contributed by atoms with Crippen LogP contribution in [-0.4, -0.2) is 6.61 Å². The van der Waals surface area contributed by atoms with Crippen molar-refractivity contribution < 1.29 is 13.5 Å². The lowest BCUT2D eigenvalue weighted by molar-refractivity contribution is 0.311. The van der Waals surface area contributed by atoms with Crippen molar-refractivity contribution in [2.75, 3.05) is 6.61 Å². The van der Waals surface area contributed by atoms with Gasteiger partial charge in [0.05, 0.1) is 12.6 Å². The van der Waals surface area contributed by atoms with Gasteiger partial charge in [0.1, 0.15) is 5.75 Å². The standard InChI is InChI=1S/C16H18F2N2O/c1-2-9-21-15-6-4-3-5-12(15)16(20-19)11-7-8-13(17)14(18)10-11/h3-8,10,16,20H,2,9,19H2,1H3. The van der Waals surface area contributed by atoms with Gasteiger partial charge in [0, 0.05) is 5.56 Å². The van der Waals surface area contributed by atoms with E-state index in [1.54, 1.807) is 0 Å². The fourth-order valence-electron chi connectivity index (χ4n) is 2.12. The molecule has 3 N–H and O–H groups in total. The van der Waals surface area contributed by atoms with Gasteiger partial charge in [-0.15, -0.1) is 0 Å². The van der Waals surface area contributed by atoms with E-state index in [1.807, 2.05) is 31.2 Å². The number of benzene rings is 2. The summed E-state index contributed by atoms with van der Waals surface area (Å²) in [5.74, 6) is 4.49. The molecular formula is C16H18F2N2O. The summed E-state index contributed by atoms with van der Waals surface area (Å²) < 4.78 is 32.2. The zero-order valence-corrected chi connectivity index (χ0v) is 11.8. The van der Waals surface area contributed by atoms with E-state index in [1.165, 1.54) is 6.07 Å². The summed E-state index contributed by atoms with van der Waals surface area (Å²) in [5, 5.41) is 0. The number of hydrazine groups is 1. The highest BCUT2D eigenvalue weighted by Crippen LogP contribution is 2.30. The summed E-state index contributed by atoms with van der Waals surface area (Å²) in [4.78, 5) is 0. The van der Waals surface area contributed by atoms with Crippen molar-refractivity contribution >= 4 is 0 Å². The molecule has 2 rings (SSSR count). The maximum Gasteiger partial charge on any atom is 0.159 e. The lowest BCUT2D eigenvalue weighted by Crippen LogP contribution is -2.29. The Balaban J connectivity index is 2.38. The Morgan fingerprint density at radius 1 is 1.14 bits per heavy atom. The fourth-order valence-corrected chi connectivity index (χ4v) is 2.12. The molecule has 3 nitrogen and oxygen atoms in total. The number of hydrogen-bond acceptors (Lipinski definition) is 3. The third-order valence-corrected chi connectivity index (χ3v) is 3.14. The van der Waals surface area contributed by atoms with Crippen LogP contribution < -0.4 is 16.0 Å². The first-order valence-corrected chi connectivity index (χ1v) is 6.80. The summed E-state index contributed by atoms with van der Waals surface area (Å²) in [6.07, 6.45) is 0.875. The van der Waals surface area contributed by atoms with Crippen molar-refractivity contribution in [2.24, 2.45) is 5.84 Å². The predicted molar refractivity (Wildman–Crippen MR) is 77.8 cm³/mol. The van der Waals surface area contributed by atoms with Crippen LogP contribution in [0.25, 0.3) is 0 Å². The van der Waals surface area contributed by atoms with E-state index >= 15 is 0 Å². The molecule has 112 valence electrons. The van der Waals surface area contributed by atoms with Gasteiger partial charge in [-0.25, -0.2) is 14.2 Å². The van der Waals surface area contributed by atoms with Crippen molar-refractivity contribution in [1.29, 1.82) is 0 Å². The van der Waals surface area contributed by atoms with Crippen LogP contribution in [0, 0.1) is 11.6 Å². The van der Waals surface area contributed by atoms with Crippen molar-refractivity contribution in [3.63, 3.8) is 0 Å². The minimum absolute atomic E-state index is 0.479. The van der Waals surface area contributed by atoms with E-state index in [-0.39, 0.29) is 0 Å². The first-order chi connectivity index (χ1) is 10.2. The molecule has 0 radical (unpaired) electrons. The summed E-state index contributed by atoms with van der Waals surface area (Å²) in [7, 11) is 0. The van der Waals surface area contributed by atoms with Crippen molar-refractivity contribution in [3.05, 3.63) is 65.2 Å². The number of nitrogens with one attached hydrogen (secondary N) is 1. The second-order valence-electron chi connectivity index (χ2n) is 4.66. The van der Waals surface area contributed by atoms with Gasteiger partial charge in [-0.05, 0) is 30.2 Å². The molecule has 0 bridgehead atoms. The second kappa shape index (κ2) is 7.15. The van der Waals surface area contributed by atoms with Crippen molar-refractivity contribution in [3.8, 4) is 5.75 Å². The van der Waals surface area contributed by atoms with Gasteiger partial charge in [0.25, 0.3) is 0 Å². The fraction of sp³-hybridized carbons (Fsp3) is 0.250. The largest absolute Gasteiger partial charge is 0.493 e. The normalized spacial score (nSPS) is 12.2. The molecule has 0 aliphatic heterocycles. The van der Waals surface area contributed by atoms with Gasteiger partial charge < -0.3 is 4.74 Å². The molecule has 1 unspecified atom stereocenters. The molecule has 2 aromatic carbocycles. The van der Waals surface area contributed by atoms with Gasteiger partial charge in [-0.3, -0.25) is 5.84 Å². The lowest BCUT2D eigenvalue weighted by atomic mass is 9.98. The highest BCUT2D eigenvalue weighted by molar-refractivity contribution is 5.41. The minimum Gasteiger partial charge on any atom is -0.493 e. The molecule has 0 fully saturated rings. The molecule has 0 spiro atoms.